The van der Waals surface area contributed by atoms with E-state index >= 15 is 0 Å². The summed E-state index contributed by atoms with van der Waals surface area (Å²) >= 11 is 0. The Kier molecular flexibility index (Phi) is 1.24. The summed E-state index contributed by atoms with van der Waals surface area (Å²) in [4.78, 5) is 0. The molecule has 1 rings (SSSR count). The normalized spacial score (nSPS) is 17.8. The van der Waals surface area contributed by atoms with Crippen LogP contribution in [0.15, 0.2) is 23.5 Å². The van der Waals surface area contributed by atoms with Crippen LogP contribution in [0.1, 0.15) is 13.8 Å². The third-order valence-corrected chi connectivity index (χ3v) is 1.04. The Hall–Kier alpha value is -0.920. The second kappa shape index (κ2) is 1.90. The summed E-state index contributed by atoms with van der Waals surface area (Å²) in [5.41, 5.74) is 8.25. The molecule has 0 bridgehead atoms. The molecule has 0 radical (unpaired) electrons. The maximum Gasteiger partial charge on any atom is 0.0283 e. The number of hydrazine groups is 1. The average molecular weight is 110 g/mol. The van der Waals surface area contributed by atoms with Gasteiger partial charge in [-0.2, -0.15) is 0 Å². The molecule has 0 fully saturated rings. The lowest BCUT2D eigenvalue weighted by Gasteiger charge is -2.13. The first-order valence-electron chi connectivity index (χ1n) is 2.66. The molecule has 0 unspecified atom stereocenters. The van der Waals surface area contributed by atoms with E-state index in [1.165, 1.54) is 0 Å². The minimum absolute atomic E-state index is 1.15. The highest BCUT2D eigenvalue weighted by Gasteiger charge is 1.91. The van der Waals surface area contributed by atoms with Crippen LogP contribution >= 0.6 is 0 Å². The summed E-state index contributed by atoms with van der Waals surface area (Å²) in [6, 6.07) is 0. The fraction of sp³-hybridized carbons (Fsp3) is 0.333. The van der Waals surface area contributed by atoms with Crippen LogP contribution in [-0.4, -0.2) is 0 Å². The SMILES string of the molecule is CC1=CC=C(C)NN1. The van der Waals surface area contributed by atoms with Gasteiger partial charge in [-0.1, -0.05) is 0 Å². The second-order valence-electron chi connectivity index (χ2n) is 1.95. The maximum atomic E-state index is 2.97. The van der Waals surface area contributed by atoms with Gasteiger partial charge in [-0.05, 0) is 26.0 Å². The van der Waals surface area contributed by atoms with E-state index in [0.717, 1.165) is 11.4 Å². The summed E-state index contributed by atoms with van der Waals surface area (Å²) in [6.07, 6.45) is 4.07. The number of allylic oxidation sites excluding steroid dienone is 4. The number of hydrogen-bond donors (Lipinski definition) is 2. The largest absolute Gasteiger partial charge is 0.306 e. The van der Waals surface area contributed by atoms with Crippen molar-refractivity contribution < 1.29 is 0 Å². The lowest BCUT2D eigenvalue weighted by atomic mass is 10.3. The summed E-state index contributed by atoms with van der Waals surface area (Å²) < 4.78 is 0. The van der Waals surface area contributed by atoms with Crippen molar-refractivity contribution >= 4 is 0 Å². The van der Waals surface area contributed by atoms with Crippen LogP contribution in [0.25, 0.3) is 0 Å². The Labute approximate surface area is 49.2 Å². The van der Waals surface area contributed by atoms with Crippen molar-refractivity contribution in [3.63, 3.8) is 0 Å². The Morgan fingerprint density at radius 2 is 1.38 bits per heavy atom. The molecular formula is C6H10N2. The first kappa shape index (κ1) is 5.22. The molecule has 0 saturated carbocycles. The molecule has 2 heteroatoms. The second-order valence-corrected chi connectivity index (χ2v) is 1.95. The van der Waals surface area contributed by atoms with Gasteiger partial charge >= 0.3 is 0 Å². The van der Waals surface area contributed by atoms with Crippen LogP contribution in [0.5, 0.6) is 0 Å². The van der Waals surface area contributed by atoms with E-state index in [0.29, 0.717) is 0 Å². The van der Waals surface area contributed by atoms with Crippen molar-refractivity contribution in [2.45, 2.75) is 13.8 Å². The van der Waals surface area contributed by atoms with E-state index in [2.05, 4.69) is 10.9 Å². The van der Waals surface area contributed by atoms with E-state index in [4.69, 9.17) is 0 Å². The monoisotopic (exact) mass is 110 g/mol. The molecule has 1 aliphatic rings. The quantitative estimate of drug-likeness (QED) is 0.484. The molecule has 0 aliphatic carbocycles. The summed E-state index contributed by atoms with van der Waals surface area (Å²) in [6.45, 7) is 4.02. The Balaban J connectivity index is 2.65. The molecule has 0 atom stereocenters. The van der Waals surface area contributed by atoms with Gasteiger partial charge in [0, 0.05) is 11.4 Å². The third-order valence-electron chi connectivity index (χ3n) is 1.04. The van der Waals surface area contributed by atoms with Crippen LogP contribution in [-0.2, 0) is 0 Å². The molecule has 0 aromatic heterocycles. The van der Waals surface area contributed by atoms with Gasteiger partial charge in [0.15, 0.2) is 0 Å². The highest BCUT2D eigenvalue weighted by atomic mass is 15.4. The van der Waals surface area contributed by atoms with E-state index in [-0.39, 0.29) is 0 Å². The molecule has 0 saturated heterocycles. The number of hydrogen-bond acceptors (Lipinski definition) is 2. The summed E-state index contributed by atoms with van der Waals surface area (Å²) in [7, 11) is 0. The van der Waals surface area contributed by atoms with E-state index in [9.17, 15) is 0 Å². The molecular weight excluding hydrogens is 100 g/mol. The van der Waals surface area contributed by atoms with Crippen molar-refractivity contribution in [3.05, 3.63) is 23.5 Å². The fourth-order valence-corrected chi connectivity index (χ4v) is 0.531. The third kappa shape index (κ3) is 1.03. The average Bonchev–Trinajstić information content (AvgIpc) is 1.77. The van der Waals surface area contributed by atoms with Gasteiger partial charge in [0.2, 0.25) is 0 Å². The summed E-state index contributed by atoms with van der Waals surface area (Å²) in [5.74, 6) is 0. The molecule has 1 heterocycles. The molecule has 0 aromatic carbocycles. The minimum Gasteiger partial charge on any atom is -0.306 e. The lowest BCUT2D eigenvalue weighted by molar-refractivity contribution is 0.678. The van der Waals surface area contributed by atoms with Gasteiger partial charge in [0.1, 0.15) is 0 Å². The molecule has 8 heavy (non-hydrogen) atoms. The topological polar surface area (TPSA) is 24.1 Å². The first-order valence-corrected chi connectivity index (χ1v) is 2.66. The van der Waals surface area contributed by atoms with Gasteiger partial charge < -0.3 is 10.9 Å². The summed E-state index contributed by atoms with van der Waals surface area (Å²) in [5, 5.41) is 0. The highest BCUT2D eigenvalue weighted by Crippen LogP contribution is 1.95. The van der Waals surface area contributed by atoms with Crippen molar-refractivity contribution in [2.75, 3.05) is 0 Å². The van der Waals surface area contributed by atoms with Crippen molar-refractivity contribution in [2.24, 2.45) is 0 Å². The Morgan fingerprint density at radius 3 is 1.62 bits per heavy atom. The molecule has 1 aliphatic heterocycles. The van der Waals surface area contributed by atoms with Crippen LogP contribution in [0, 0.1) is 0 Å². The maximum absolute atomic E-state index is 2.97. The van der Waals surface area contributed by atoms with E-state index in [1.54, 1.807) is 0 Å². The van der Waals surface area contributed by atoms with Gasteiger partial charge in [-0.3, -0.25) is 0 Å². The molecule has 0 spiro atoms. The Morgan fingerprint density at radius 1 is 1.00 bits per heavy atom. The minimum atomic E-state index is 1.15. The smallest absolute Gasteiger partial charge is 0.0283 e. The molecule has 2 nitrogen and oxygen atoms in total. The van der Waals surface area contributed by atoms with Crippen LogP contribution in [0.4, 0.5) is 0 Å². The van der Waals surface area contributed by atoms with Crippen molar-refractivity contribution in [1.29, 1.82) is 0 Å². The predicted octanol–water partition coefficient (Wildman–Crippen LogP) is 0.902. The molecule has 0 amide bonds. The number of nitrogens with one attached hydrogen (secondary N) is 2. The molecule has 44 valence electrons. The van der Waals surface area contributed by atoms with Crippen molar-refractivity contribution in [3.8, 4) is 0 Å². The first-order chi connectivity index (χ1) is 3.79. The lowest BCUT2D eigenvalue weighted by Crippen LogP contribution is -2.30. The van der Waals surface area contributed by atoms with Gasteiger partial charge in [-0.25, -0.2) is 0 Å². The zero-order valence-corrected chi connectivity index (χ0v) is 5.15. The predicted molar refractivity (Wildman–Crippen MR) is 33.8 cm³/mol. The van der Waals surface area contributed by atoms with Crippen LogP contribution < -0.4 is 10.9 Å². The van der Waals surface area contributed by atoms with Crippen molar-refractivity contribution in [1.82, 2.24) is 10.9 Å². The zero-order chi connectivity index (χ0) is 5.98. The van der Waals surface area contributed by atoms with Gasteiger partial charge in [0.05, 0.1) is 0 Å². The zero-order valence-electron chi connectivity index (χ0n) is 5.15. The highest BCUT2D eigenvalue weighted by molar-refractivity contribution is 5.17. The van der Waals surface area contributed by atoms with Crippen LogP contribution in [0.3, 0.4) is 0 Å². The molecule has 0 aromatic rings. The van der Waals surface area contributed by atoms with Gasteiger partial charge in [0.25, 0.3) is 0 Å². The van der Waals surface area contributed by atoms with Gasteiger partial charge in [-0.15, -0.1) is 0 Å². The fourth-order valence-electron chi connectivity index (χ4n) is 0.531. The van der Waals surface area contributed by atoms with E-state index in [1.807, 2.05) is 26.0 Å². The standard InChI is InChI=1S/C6H10N2/c1-5-3-4-6(2)8-7-5/h3-4,7-8H,1-2H3. The van der Waals surface area contributed by atoms with E-state index < -0.39 is 0 Å². The number of rotatable bonds is 0. The molecule has 2 N–H and O–H groups in total. The Bertz CT molecular complexity index is 127. The van der Waals surface area contributed by atoms with Crippen LogP contribution in [0.2, 0.25) is 0 Å².